The maximum Gasteiger partial charge on any atom is 0.218 e. The molecule has 0 aliphatic rings. The molecule has 108 valence electrons. The average molecular weight is 275 g/mol. The largest absolute Gasteiger partial charge is 0.370 e. The molecule has 0 saturated heterocycles. The molecule has 0 radical (unpaired) electrons. The first-order valence-electron chi connectivity index (χ1n) is 6.74. The van der Waals surface area contributed by atoms with Gasteiger partial charge in [0, 0.05) is 42.0 Å². The lowest BCUT2D eigenvalue weighted by atomic mass is 10.1. The minimum absolute atomic E-state index is 0.0250. The third kappa shape index (κ3) is 2.96. The fourth-order valence-corrected chi connectivity index (χ4v) is 2.48. The summed E-state index contributed by atoms with van der Waals surface area (Å²) in [6, 6.07) is 2.05. The molecule has 3 N–H and O–H groups in total. The number of hydrogen-bond donors (Lipinski definition) is 2. The molecular weight excluding hydrogens is 254 g/mol. The van der Waals surface area contributed by atoms with Gasteiger partial charge in [-0.2, -0.15) is 5.10 Å². The number of hydrogen-bond acceptors (Lipinski definition) is 4. The van der Waals surface area contributed by atoms with Gasteiger partial charge in [-0.1, -0.05) is 0 Å². The summed E-state index contributed by atoms with van der Waals surface area (Å²) in [5.74, 6) is -0.301. The molecule has 6 heteroatoms. The molecule has 2 heterocycles. The molecular formula is C14H21N5O. The Morgan fingerprint density at radius 3 is 2.80 bits per heavy atom. The van der Waals surface area contributed by atoms with Crippen LogP contribution in [0, 0.1) is 13.8 Å². The summed E-state index contributed by atoms with van der Waals surface area (Å²) in [5.41, 5.74) is 9.12. The number of nitrogens with one attached hydrogen (secondary N) is 1. The summed E-state index contributed by atoms with van der Waals surface area (Å²) in [6.07, 6.45) is 2.18. The average Bonchev–Trinajstić information content (AvgIpc) is 2.69. The molecule has 20 heavy (non-hydrogen) atoms. The second-order valence-electron chi connectivity index (χ2n) is 5.31. The molecule has 2 aromatic heterocycles. The Morgan fingerprint density at radius 1 is 1.45 bits per heavy atom. The Bertz CT molecular complexity index is 634. The van der Waals surface area contributed by atoms with Crippen LogP contribution in [-0.4, -0.2) is 26.5 Å². The van der Waals surface area contributed by atoms with Crippen molar-refractivity contribution in [1.29, 1.82) is 0 Å². The number of nitrogens with zero attached hydrogens (tertiary/aromatic N) is 3. The molecule has 0 aliphatic carbocycles. The van der Waals surface area contributed by atoms with Gasteiger partial charge >= 0.3 is 0 Å². The van der Waals surface area contributed by atoms with Gasteiger partial charge in [0.2, 0.25) is 5.91 Å². The highest BCUT2D eigenvalue weighted by Crippen LogP contribution is 2.18. The maximum atomic E-state index is 10.9. The van der Waals surface area contributed by atoms with E-state index in [0.717, 1.165) is 22.6 Å². The predicted octanol–water partition coefficient (Wildman–Crippen LogP) is 1.26. The molecule has 0 spiro atoms. The van der Waals surface area contributed by atoms with Gasteiger partial charge in [-0.15, -0.1) is 0 Å². The molecule has 2 atom stereocenters. The van der Waals surface area contributed by atoms with Crippen LogP contribution in [0.15, 0.2) is 12.3 Å². The first kappa shape index (κ1) is 14.5. The van der Waals surface area contributed by atoms with Gasteiger partial charge in [0.15, 0.2) is 5.65 Å². The SMILES string of the molecule is Cc1cc2ncc(C(C)NC(C)CC(N)=O)c(C)n2n1. The summed E-state index contributed by atoms with van der Waals surface area (Å²) in [4.78, 5) is 15.3. The maximum absolute atomic E-state index is 10.9. The van der Waals surface area contributed by atoms with Crippen molar-refractivity contribution in [1.82, 2.24) is 19.9 Å². The highest BCUT2D eigenvalue weighted by atomic mass is 16.1. The molecule has 0 aromatic carbocycles. The lowest BCUT2D eigenvalue weighted by molar-refractivity contribution is -0.118. The summed E-state index contributed by atoms with van der Waals surface area (Å²) in [7, 11) is 0. The van der Waals surface area contributed by atoms with Crippen LogP contribution in [0.2, 0.25) is 0 Å². The van der Waals surface area contributed by atoms with Crippen LogP contribution in [0.25, 0.3) is 5.65 Å². The summed E-state index contributed by atoms with van der Waals surface area (Å²) in [6.45, 7) is 7.96. The fraction of sp³-hybridized carbons (Fsp3) is 0.500. The van der Waals surface area contributed by atoms with Gasteiger partial charge in [0.05, 0.1) is 5.69 Å². The van der Waals surface area contributed by atoms with Gasteiger partial charge < -0.3 is 11.1 Å². The molecule has 2 rings (SSSR count). The Morgan fingerprint density at radius 2 is 2.15 bits per heavy atom. The molecule has 1 amide bonds. The zero-order valence-corrected chi connectivity index (χ0v) is 12.3. The molecule has 0 fully saturated rings. The van der Waals surface area contributed by atoms with Crippen molar-refractivity contribution in [3.8, 4) is 0 Å². The van der Waals surface area contributed by atoms with E-state index < -0.39 is 0 Å². The minimum atomic E-state index is -0.301. The Labute approximate surface area is 118 Å². The highest BCUT2D eigenvalue weighted by Gasteiger charge is 2.15. The zero-order chi connectivity index (χ0) is 14.9. The molecule has 0 aliphatic heterocycles. The monoisotopic (exact) mass is 275 g/mol. The third-order valence-electron chi connectivity index (χ3n) is 3.39. The van der Waals surface area contributed by atoms with Gasteiger partial charge in [-0.3, -0.25) is 4.79 Å². The Kier molecular flexibility index (Phi) is 4.04. The van der Waals surface area contributed by atoms with Crippen molar-refractivity contribution in [3.63, 3.8) is 0 Å². The standard InChI is InChI=1S/C14H21N5O/c1-8(5-13(15)20)17-10(3)12-7-16-14-6-9(2)18-19(14)11(12)4/h6-8,10,17H,5H2,1-4H3,(H2,15,20). The van der Waals surface area contributed by atoms with Crippen molar-refractivity contribution < 1.29 is 4.79 Å². The summed E-state index contributed by atoms with van der Waals surface area (Å²) >= 11 is 0. The fourth-order valence-electron chi connectivity index (χ4n) is 2.48. The molecule has 0 saturated carbocycles. The van der Waals surface area contributed by atoms with Crippen molar-refractivity contribution in [3.05, 3.63) is 29.2 Å². The lowest BCUT2D eigenvalue weighted by Gasteiger charge is -2.20. The molecule has 0 bridgehead atoms. The van der Waals surface area contributed by atoms with Crippen molar-refractivity contribution in [2.24, 2.45) is 5.73 Å². The molecule has 2 aromatic rings. The van der Waals surface area contributed by atoms with Crippen LogP contribution in [0.4, 0.5) is 0 Å². The van der Waals surface area contributed by atoms with E-state index in [4.69, 9.17) is 5.73 Å². The molecule has 6 nitrogen and oxygen atoms in total. The van der Waals surface area contributed by atoms with Crippen LogP contribution >= 0.6 is 0 Å². The van der Waals surface area contributed by atoms with E-state index in [1.807, 2.05) is 44.5 Å². The Hall–Kier alpha value is -1.95. The van der Waals surface area contributed by atoms with E-state index in [9.17, 15) is 4.79 Å². The van der Waals surface area contributed by atoms with E-state index in [1.165, 1.54) is 0 Å². The van der Waals surface area contributed by atoms with Crippen LogP contribution in [0.5, 0.6) is 0 Å². The van der Waals surface area contributed by atoms with Gasteiger partial charge in [-0.05, 0) is 27.7 Å². The van der Waals surface area contributed by atoms with Crippen LogP contribution in [0.1, 0.15) is 43.3 Å². The van der Waals surface area contributed by atoms with Gasteiger partial charge in [0.1, 0.15) is 0 Å². The van der Waals surface area contributed by atoms with E-state index >= 15 is 0 Å². The molecule has 2 unspecified atom stereocenters. The summed E-state index contributed by atoms with van der Waals surface area (Å²) in [5, 5.41) is 7.79. The number of fused-ring (bicyclic) bond motifs is 1. The normalized spacial score (nSPS) is 14.4. The van der Waals surface area contributed by atoms with E-state index in [0.29, 0.717) is 6.42 Å². The lowest BCUT2D eigenvalue weighted by Crippen LogP contribution is -2.33. The number of rotatable bonds is 5. The van der Waals surface area contributed by atoms with Crippen molar-refractivity contribution >= 4 is 11.6 Å². The number of nitrogens with two attached hydrogens (primary N) is 1. The number of carbonyl (C=O) groups excluding carboxylic acids is 1. The van der Waals surface area contributed by atoms with Gasteiger partial charge in [0.25, 0.3) is 0 Å². The third-order valence-corrected chi connectivity index (χ3v) is 3.39. The van der Waals surface area contributed by atoms with Crippen LogP contribution in [0.3, 0.4) is 0 Å². The number of amides is 1. The second kappa shape index (κ2) is 5.58. The van der Waals surface area contributed by atoms with Crippen LogP contribution in [-0.2, 0) is 4.79 Å². The number of carbonyl (C=O) groups is 1. The van der Waals surface area contributed by atoms with Gasteiger partial charge in [-0.25, -0.2) is 9.50 Å². The van der Waals surface area contributed by atoms with Crippen LogP contribution < -0.4 is 11.1 Å². The second-order valence-corrected chi connectivity index (χ2v) is 5.31. The first-order chi connectivity index (χ1) is 9.38. The Balaban J connectivity index is 2.23. The minimum Gasteiger partial charge on any atom is -0.370 e. The number of primary amides is 1. The van der Waals surface area contributed by atoms with E-state index in [1.54, 1.807) is 0 Å². The van der Waals surface area contributed by atoms with Crippen molar-refractivity contribution in [2.45, 2.75) is 46.2 Å². The summed E-state index contributed by atoms with van der Waals surface area (Å²) < 4.78 is 1.85. The zero-order valence-electron chi connectivity index (χ0n) is 12.3. The first-order valence-corrected chi connectivity index (χ1v) is 6.74. The number of aromatic nitrogens is 3. The van der Waals surface area contributed by atoms with Crippen molar-refractivity contribution in [2.75, 3.05) is 0 Å². The topological polar surface area (TPSA) is 85.3 Å². The van der Waals surface area contributed by atoms with E-state index in [2.05, 4.69) is 15.4 Å². The van der Waals surface area contributed by atoms with E-state index in [-0.39, 0.29) is 18.0 Å². The predicted molar refractivity (Wildman–Crippen MR) is 77.3 cm³/mol. The smallest absolute Gasteiger partial charge is 0.218 e. The number of aryl methyl sites for hydroxylation is 2. The quantitative estimate of drug-likeness (QED) is 0.860. The highest BCUT2D eigenvalue weighted by molar-refractivity contribution is 5.74.